The molecule has 0 saturated heterocycles. The average molecular weight is 585 g/mol. The zero-order valence-corrected chi connectivity index (χ0v) is 21.6. The van der Waals surface area contributed by atoms with Crippen LogP contribution in [0.1, 0.15) is 17.3 Å². The third-order valence-electron chi connectivity index (χ3n) is 4.89. The standard InChI is InChI=1S/C26H19Br2NO3S/c1-2-32-26(31)21-22(17-12-6-8-14-19(17)27)29-23(18-13-7-9-15-20(18)28)25(24(21)30)33-16-10-4-3-5-11-16/h3-15H,2H2,1H3,(H,29,30). The SMILES string of the molecule is CCOC(=O)c1c(-c2ccccc2Br)[nH]c(-c2ccccc2Br)c(Sc2ccccc2)c1=O. The number of hydrogen-bond acceptors (Lipinski definition) is 4. The van der Waals surface area contributed by atoms with E-state index in [9.17, 15) is 9.59 Å². The number of H-pyrrole nitrogens is 1. The van der Waals surface area contributed by atoms with Crippen molar-refractivity contribution in [2.75, 3.05) is 6.61 Å². The van der Waals surface area contributed by atoms with E-state index in [2.05, 4.69) is 36.8 Å². The van der Waals surface area contributed by atoms with Gasteiger partial charge in [-0.1, -0.05) is 98.2 Å². The van der Waals surface area contributed by atoms with E-state index in [-0.39, 0.29) is 17.6 Å². The fourth-order valence-corrected chi connectivity index (χ4v) is 5.36. The highest BCUT2D eigenvalue weighted by Crippen LogP contribution is 2.39. The highest BCUT2D eigenvalue weighted by atomic mass is 79.9. The molecule has 4 rings (SSSR count). The van der Waals surface area contributed by atoms with Crippen LogP contribution in [0.5, 0.6) is 0 Å². The average Bonchev–Trinajstić information content (AvgIpc) is 2.82. The molecule has 0 fully saturated rings. The van der Waals surface area contributed by atoms with Crippen LogP contribution in [0.3, 0.4) is 0 Å². The number of nitrogens with one attached hydrogen (secondary N) is 1. The van der Waals surface area contributed by atoms with Gasteiger partial charge >= 0.3 is 5.97 Å². The van der Waals surface area contributed by atoms with Crippen molar-refractivity contribution < 1.29 is 9.53 Å². The summed E-state index contributed by atoms with van der Waals surface area (Å²) in [5.41, 5.74) is 2.16. The molecule has 4 aromatic rings. The zero-order valence-electron chi connectivity index (χ0n) is 17.6. The van der Waals surface area contributed by atoms with Gasteiger partial charge in [0, 0.05) is 25.0 Å². The molecule has 1 N–H and O–H groups in total. The molecule has 4 nitrogen and oxygen atoms in total. The van der Waals surface area contributed by atoms with Gasteiger partial charge in [0.1, 0.15) is 5.56 Å². The molecular formula is C26H19Br2NO3S. The minimum absolute atomic E-state index is 0.0158. The van der Waals surface area contributed by atoms with E-state index in [1.165, 1.54) is 11.8 Å². The van der Waals surface area contributed by atoms with Gasteiger partial charge in [0.15, 0.2) is 0 Å². The first-order valence-electron chi connectivity index (χ1n) is 10.2. The Kier molecular flexibility index (Phi) is 7.53. The third-order valence-corrected chi connectivity index (χ3v) is 7.37. The highest BCUT2D eigenvalue weighted by molar-refractivity contribution is 9.11. The first-order chi connectivity index (χ1) is 16.0. The van der Waals surface area contributed by atoms with Gasteiger partial charge in [-0.2, -0.15) is 0 Å². The van der Waals surface area contributed by atoms with Gasteiger partial charge in [0.2, 0.25) is 5.43 Å². The summed E-state index contributed by atoms with van der Waals surface area (Å²) >= 11 is 8.49. The molecule has 7 heteroatoms. The van der Waals surface area contributed by atoms with Crippen LogP contribution in [0.15, 0.2) is 102 Å². The summed E-state index contributed by atoms with van der Waals surface area (Å²) in [6, 6.07) is 24.7. The summed E-state index contributed by atoms with van der Waals surface area (Å²) in [5, 5.41) is 0. The molecule has 0 saturated carbocycles. The topological polar surface area (TPSA) is 59.2 Å². The lowest BCUT2D eigenvalue weighted by Crippen LogP contribution is -2.22. The number of hydrogen-bond donors (Lipinski definition) is 1. The number of ether oxygens (including phenoxy) is 1. The molecule has 3 aromatic carbocycles. The van der Waals surface area contributed by atoms with E-state index < -0.39 is 5.97 Å². The number of aromatic amines is 1. The number of carbonyl (C=O) groups excluding carboxylic acids is 1. The minimum atomic E-state index is -0.655. The van der Waals surface area contributed by atoms with Crippen LogP contribution in [0, 0.1) is 0 Å². The molecule has 0 atom stereocenters. The summed E-state index contributed by atoms with van der Waals surface area (Å²) in [6.07, 6.45) is 0. The Balaban J connectivity index is 2.08. The third kappa shape index (κ3) is 5.00. The summed E-state index contributed by atoms with van der Waals surface area (Å²) in [7, 11) is 0. The fourth-order valence-electron chi connectivity index (χ4n) is 3.41. The molecule has 0 amide bonds. The largest absolute Gasteiger partial charge is 0.462 e. The van der Waals surface area contributed by atoms with Gasteiger partial charge in [-0.15, -0.1) is 0 Å². The molecule has 0 radical (unpaired) electrons. The smallest absolute Gasteiger partial charge is 0.344 e. The molecule has 0 unspecified atom stereocenters. The second-order valence-electron chi connectivity index (χ2n) is 7.00. The maximum Gasteiger partial charge on any atom is 0.344 e. The summed E-state index contributed by atoms with van der Waals surface area (Å²) in [5.74, 6) is -0.655. The van der Waals surface area contributed by atoms with Crippen molar-refractivity contribution in [2.24, 2.45) is 0 Å². The van der Waals surface area contributed by atoms with Crippen LogP contribution >= 0.6 is 43.6 Å². The van der Waals surface area contributed by atoms with Gasteiger partial charge in [0.05, 0.1) is 22.9 Å². The minimum Gasteiger partial charge on any atom is -0.462 e. The quantitative estimate of drug-likeness (QED) is 0.238. The Morgan fingerprint density at radius 2 is 1.39 bits per heavy atom. The number of pyridine rings is 1. The van der Waals surface area contributed by atoms with Gasteiger partial charge in [-0.05, 0) is 31.2 Å². The van der Waals surface area contributed by atoms with Gasteiger partial charge in [0.25, 0.3) is 0 Å². The van der Waals surface area contributed by atoms with Crippen molar-refractivity contribution in [2.45, 2.75) is 16.7 Å². The molecule has 33 heavy (non-hydrogen) atoms. The number of benzene rings is 3. The van der Waals surface area contributed by atoms with E-state index in [4.69, 9.17) is 4.74 Å². The second kappa shape index (κ2) is 10.5. The Morgan fingerprint density at radius 3 is 1.97 bits per heavy atom. The Labute approximate surface area is 212 Å². The second-order valence-corrected chi connectivity index (χ2v) is 9.80. The van der Waals surface area contributed by atoms with Crippen molar-refractivity contribution in [3.63, 3.8) is 0 Å². The molecule has 0 aliphatic rings. The molecule has 1 aromatic heterocycles. The van der Waals surface area contributed by atoms with Crippen LogP contribution in [0.2, 0.25) is 0 Å². The molecule has 0 bridgehead atoms. The summed E-state index contributed by atoms with van der Waals surface area (Å²) in [4.78, 5) is 31.7. The van der Waals surface area contributed by atoms with E-state index in [0.717, 1.165) is 19.4 Å². The number of carbonyl (C=O) groups is 1. The molecule has 1 heterocycles. The zero-order chi connectivity index (χ0) is 23.4. The maximum absolute atomic E-state index is 13.9. The van der Waals surface area contributed by atoms with Crippen molar-refractivity contribution in [3.8, 4) is 22.5 Å². The van der Waals surface area contributed by atoms with Crippen molar-refractivity contribution in [1.29, 1.82) is 0 Å². The number of aromatic nitrogens is 1. The van der Waals surface area contributed by atoms with Crippen molar-refractivity contribution in [3.05, 3.63) is 104 Å². The van der Waals surface area contributed by atoms with Crippen LogP contribution < -0.4 is 5.43 Å². The van der Waals surface area contributed by atoms with Gasteiger partial charge in [-0.3, -0.25) is 4.79 Å². The lowest BCUT2D eigenvalue weighted by Gasteiger charge is -2.17. The predicted octanol–water partition coefficient (Wildman–Crippen LogP) is 7.56. The van der Waals surface area contributed by atoms with Gasteiger partial charge in [-0.25, -0.2) is 4.79 Å². The lowest BCUT2D eigenvalue weighted by molar-refractivity contribution is 0.0525. The van der Waals surface area contributed by atoms with Crippen molar-refractivity contribution in [1.82, 2.24) is 4.98 Å². The summed E-state index contributed by atoms with van der Waals surface area (Å²) in [6.45, 7) is 1.89. The Morgan fingerprint density at radius 1 is 0.848 bits per heavy atom. The first kappa shape index (κ1) is 23.5. The van der Waals surface area contributed by atoms with Crippen LogP contribution in [0.4, 0.5) is 0 Å². The van der Waals surface area contributed by atoms with Crippen LogP contribution in [-0.4, -0.2) is 17.6 Å². The first-order valence-corrected chi connectivity index (χ1v) is 12.6. The van der Waals surface area contributed by atoms with Gasteiger partial charge < -0.3 is 9.72 Å². The monoisotopic (exact) mass is 583 g/mol. The molecular weight excluding hydrogens is 566 g/mol. The number of esters is 1. The number of rotatable bonds is 6. The van der Waals surface area contributed by atoms with E-state index >= 15 is 0 Å². The molecule has 0 aliphatic carbocycles. The fraction of sp³-hybridized carbons (Fsp3) is 0.0769. The Hall–Kier alpha value is -2.61. The Bertz CT molecular complexity index is 1370. The number of halogens is 2. The molecule has 166 valence electrons. The van der Waals surface area contributed by atoms with E-state index in [0.29, 0.717) is 21.8 Å². The van der Waals surface area contributed by atoms with Crippen LogP contribution in [-0.2, 0) is 4.74 Å². The highest BCUT2D eigenvalue weighted by Gasteiger charge is 2.26. The van der Waals surface area contributed by atoms with E-state index in [1.54, 1.807) is 6.92 Å². The molecule has 0 aliphatic heterocycles. The van der Waals surface area contributed by atoms with Crippen LogP contribution in [0.25, 0.3) is 22.5 Å². The predicted molar refractivity (Wildman–Crippen MR) is 140 cm³/mol. The van der Waals surface area contributed by atoms with Crippen molar-refractivity contribution >= 4 is 49.6 Å². The lowest BCUT2D eigenvalue weighted by atomic mass is 10.0. The summed E-state index contributed by atoms with van der Waals surface area (Å²) < 4.78 is 6.88. The maximum atomic E-state index is 13.9. The normalized spacial score (nSPS) is 10.8. The molecule has 0 spiro atoms. The van der Waals surface area contributed by atoms with E-state index in [1.807, 2.05) is 78.9 Å².